The highest BCUT2D eigenvalue weighted by molar-refractivity contribution is 7.86. The molecule has 2 saturated heterocycles. The summed E-state index contributed by atoms with van der Waals surface area (Å²) in [7, 11) is -1.40. The van der Waals surface area contributed by atoms with Crippen molar-refractivity contribution < 1.29 is 13.2 Å². The average molecular weight is 410 g/mol. The van der Waals surface area contributed by atoms with Crippen LogP contribution in [0.25, 0.3) is 0 Å². The standard InChI is InChI=1S/C16H31N5O3S.ClH/c1-18-5-9-20(10-6-18)25(23,24)21-11-7-19(8-12-21)16(22)13-14-3-2-4-15(14)17;/h14-15H,2-13,17H2,1H3;1H/t14-,15+;/m0./s1. The van der Waals surface area contributed by atoms with Gasteiger partial charge in [0, 0.05) is 64.8 Å². The zero-order valence-corrected chi connectivity index (χ0v) is 17.2. The lowest BCUT2D eigenvalue weighted by Crippen LogP contribution is -2.57. The van der Waals surface area contributed by atoms with E-state index in [1.165, 1.54) is 4.31 Å². The topological polar surface area (TPSA) is 90.2 Å². The van der Waals surface area contributed by atoms with Gasteiger partial charge in [0.1, 0.15) is 0 Å². The molecule has 2 N–H and O–H groups in total. The lowest BCUT2D eigenvalue weighted by Gasteiger charge is -2.39. The Morgan fingerprint density at radius 3 is 2.00 bits per heavy atom. The van der Waals surface area contributed by atoms with E-state index in [0.29, 0.717) is 51.6 Å². The molecular weight excluding hydrogens is 378 g/mol. The van der Waals surface area contributed by atoms with Crippen LogP contribution >= 0.6 is 12.4 Å². The molecule has 2 heterocycles. The number of carbonyl (C=O) groups is 1. The molecule has 0 aromatic rings. The van der Waals surface area contributed by atoms with E-state index < -0.39 is 10.2 Å². The second-order valence-corrected chi connectivity index (χ2v) is 9.48. The van der Waals surface area contributed by atoms with Crippen molar-refractivity contribution in [2.75, 3.05) is 59.4 Å². The number of hydrogen-bond donors (Lipinski definition) is 1. The Balaban J connectivity index is 0.00000243. The highest BCUT2D eigenvalue weighted by Gasteiger charge is 2.35. The summed E-state index contributed by atoms with van der Waals surface area (Å²) in [6, 6.07) is 0.142. The molecule has 10 heteroatoms. The fraction of sp³-hybridized carbons (Fsp3) is 0.938. The summed E-state index contributed by atoms with van der Waals surface area (Å²) in [5, 5.41) is 0. The van der Waals surface area contributed by atoms with E-state index in [1.54, 1.807) is 9.21 Å². The molecule has 1 aliphatic carbocycles. The number of carbonyl (C=O) groups excluding carboxylic acids is 1. The number of likely N-dealkylation sites (N-methyl/N-ethyl adjacent to an activating group) is 1. The molecule has 1 saturated carbocycles. The van der Waals surface area contributed by atoms with Gasteiger partial charge in [-0.05, 0) is 25.8 Å². The highest BCUT2D eigenvalue weighted by atomic mass is 35.5. The van der Waals surface area contributed by atoms with Crippen LogP contribution in [0.5, 0.6) is 0 Å². The van der Waals surface area contributed by atoms with Gasteiger partial charge >= 0.3 is 0 Å². The number of nitrogens with zero attached hydrogens (tertiary/aromatic N) is 4. The van der Waals surface area contributed by atoms with Gasteiger partial charge in [-0.3, -0.25) is 4.79 Å². The number of amides is 1. The van der Waals surface area contributed by atoms with Gasteiger partial charge in [0.25, 0.3) is 10.2 Å². The van der Waals surface area contributed by atoms with Gasteiger partial charge in [0.2, 0.25) is 5.91 Å². The number of piperazine rings is 2. The number of hydrogen-bond acceptors (Lipinski definition) is 5. The minimum atomic E-state index is -3.41. The van der Waals surface area contributed by atoms with Gasteiger partial charge in [-0.2, -0.15) is 17.0 Å². The van der Waals surface area contributed by atoms with E-state index in [9.17, 15) is 13.2 Å². The molecule has 0 aromatic carbocycles. The molecule has 8 nitrogen and oxygen atoms in total. The SMILES string of the molecule is CN1CCN(S(=O)(=O)N2CCN(C(=O)C[C@@H]3CCC[C@H]3N)CC2)CC1.Cl. The van der Waals surface area contributed by atoms with E-state index in [1.807, 2.05) is 7.05 Å². The van der Waals surface area contributed by atoms with Crippen molar-refractivity contribution in [2.24, 2.45) is 11.7 Å². The van der Waals surface area contributed by atoms with Crippen molar-refractivity contribution in [3.8, 4) is 0 Å². The predicted octanol–water partition coefficient (Wildman–Crippen LogP) is -0.438. The lowest BCUT2D eigenvalue weighted by molar-refractivity contribution is -0.133. The summed E-state index contributed by atoms with van der Waals surface area (Å²) < 4.78 is 28.6. The summed E-state index contributed by atoms with van der Waals surface area (Å²) in [5.41, 5.74) is 6.06. The minimum Gasteiger partial charge on any atom is -0.340 e. The van der Waals surface area contributed by atoms with Crippen LogP contribution in [0.1, 0.15) is 25.7 Å². The fourth-order valence-electron chi connectivity index (χ4n) is 4.02. The van der Waals surface area contributed by atoms with Gasteiger partial charge in [0.15, 0.2) is 0 Å². The summed E-state index contributed by atoms with van der Waals surface area (Å²) in [4.78, 5) is 16.4. The molecule has 3 aliphatic rings. The molecule has 26 heavy (non-hydrogen) atoms. The highest BCUT2D eigenvalue weighted by Crippen LogP contribution is 2.27. The van der Waals surface area contributed by atoms with Crippen LogP contribution in [0.2, 0.25) is 0 Å². The Labute approximate surface area is 163 Å². The number of rotatable bonds is 4. The molecular formula is C16H32ClN5O3S. The first-order valence-electron chi connectivity index (χ1n) is 9.35. The van der Waals surface area contributed by atoms with Gasteiger partial charge in [-0.15, -0.1) is 12.4 Å². The molecule has 0 aromatic heterocycles. The third kappa shape index (κ3) is 4.88. The van der Waals surface area contributed by atoms with E-state index in [2.05, 4.69) is 4.90 Å². The zero-order chi connectivity index (χ0) is 18.0. The van der Waals surface area contributed by atoms with Gasteiger partial charge in [0.05, 0.1) is 0 Å². The minimum absolute atomic E-state index is 0. The average Bonchev–Trinajstić information content (AvgIpc) is 3.00. The van der Waals surface area contributed by atoms with Gasteiger partial charge in [-0.1, -0.05) is 6.42 Å². The van der Waals surface area contributed by atoms with E-state index in [0.717, 1.165) is 32.4 Å². The third-order valence-electron chi connectivity index (χ3n) is 5.86. The van der Waals surface area contributed by atoms with Crippen LogP contribution in [0.3, 0.4) is 0 Å². The quantitative estimate of drug-likeness (QED) is 0.680. The van der Waals surface area contributed by atoms with E-state index >= 15 is 0 Å². The first-order chi connectivity index (χ1) is 11.9. The van der Waals surface area contributed by atoms with Crippen LogP contribution in [-0.2, 0) is 15.0 Å². The maximum Gasteiger partial charge on any atom is 0.282 e. The molecule has 152 valence electrons. The Morgan fingerprint density at radius 2 is 1.50 bits per heavy atom. The first kappa shape index (κ1) is 21.8. The first-order valence-corrected chi connectivity index (χ1v) is 10.7. The molecule has 1 amide bonds. The van der Waals surface area contributed by atoms with Crippen LogP contribution < -0.4 is 5.73 Å². The van der Waals surface area contributed by atoms with Crippen molar-refractivity contribution in [3.63, 3.8) is 0 Å². The molecule has 0 spiro atoms. The molecule has 0 radical (unpaired) electrons. The van der Waals surface area contributed by atoms with Crippen LogP contribution in [-0.4, -0.2) is 98.2 Å². The molecule has 0 bridgehead atoms. The van der Waals surface area contributed by atoms with Crippen molar-refractivity contribution in [2.45, 2.75) is 31.7 Å². The molecule has 2 atom stereocenters. The second kappa shape index (κ2) is 9.16. The molecule has 2 aliphatic heterocycles. The summed E-state index contributed by atoms with van der Waals surface area (Å²) in [5.74, 6) is 0.415. The molecule has 0 unspecified atom stereocenters. The fourth-order valence-corrected chi connectivity index (χ4v) is 5.60. The van der Waals surface area contributed by atoms with Crippen molar-refractivity contribution in [1.82, 2.24) is 18.4 Å². The smallest absolute Gasteiger partial charge is 0.282 e. The Bertz CT molecular complexity index is 574. The number of halogens is 1. The molecule has 3 rings (SSSR count). The largest absolute Gasteiger partial charge is 0.340 e. The van der Waals surface area contributed by atoms with Crippen LogP contribution in [0, 0.1) is 5.92 Å². The van der Waals surface area contributed by atoms with Gasteiger partial charge in [-0.25, -0.2) is 0 Å². The Hall–Kier alpha value is -0.450. The summed E-state index contributed by atoms with van der Waals surface area (Å²) in [6.07, 6.45) is 3.65. The Kier molecular flexibility index (Phi) is 7.70. The third-order valence-corrected chi connectivity index (χ3v) is 7.90. The monoisotopic (exact) mass is 409 g/mol. The van der Waals surface area contributed by atoms with Crippen LogP contribution in [0.15, 0.2) is 0 Å². The maximum atomic E-state index is 12.8. The predicted molar refractivity (Wildman–Crippen MR) is 103 cm³/mol. The van der Waals surface area contributed by atoms with Crippen LogP contribution in [0.4, 0.5) is 0 Å². The number of nitrogens with two attached hydrogens (primary N) is 1. The zero-order valence-electron chi connectivity index (χ0n) is 15.5. The second-order valence-electron chi connectivity index (χ2n) is 7.55. The lowest BCUT2D eigenvalue weighted by atomic mass is 9.99. The van der Waals surface area contributed by atoms with E-state index in [-0.39, 0.29) is 24.4 Å². The van der Waals surface area contributed by atoms with Gasteiger partial charge < -0.3 is 15.5 Å². The molecule has 3 fully saturated rings. The van der Waals surface area contributed by atoms with Crippen molar-refractivity contribution in [3.05, 3.63) is 0 Å². The Morgan fingerprint density at radius 1 is 0.962 bits per heavy atom. The maximum absolute atomic E-state index is 12.8. The van der Waals surface area contributed by atoms with Crippen molar-refractivity contribution in [1.29, 1.82) is 0 Å². The summed E-state index contributed by atoms with van der Waals surface area (Å²) >= 11 is 0. The van der Waals surface area contributed by atoms with Crippen molar-refractivity contribution >= 4 is 28.5 Å². The summed E-state index contributed by atoms with van der Waals surface area (Å²) in [6.45, 7) is 4.34. The van der Waals surface area contributed by atoms with E-state index in [4.69, 9.17) is 5.73 Å². The normalized spacial score (nSPS) is 29.5.